The third-order valence-corrected chi connectivity index (χ3v) is 4.14. The maximum Gasteiger partial charge on any atom is 0.223 e. The Kier molecular flexibility index (Phi) is 4.22. The van der Waals surface area contributed by atoms with Gasteiger partial charge in [0.1, 0.15) is 0 Å². The summed E-state index contributed by atoms with van der Waals surface area (Å²) >= 11 is 0. The number of hydrogen-bond donors (Lipinski definition) is 1. The van der Waals surface area contributed by atoms with E-state index in [0.717, 1.165) is 25.9 Å². The Morgan fingerprint density at radius 2 is 2.00 bits per heavy atom. The molecule has 0 radical (unpaired) electrons. The first-order valence-corrected chi connectivity index (χ1v) is 6.83. The third kappa shape index (κ3) is 2.76. The highest BCUT2D eigenvalue weighted by Gasteiger charge is 2.26. The summed E-state index contributed by atoms with van der Waals surface area (Å²) in [6.07, 6.45) is 7.23. The second kappa shape index (κ2) is 5.67. The van der Waals surface area contributed by atoms with Crippen LogP contribution in [0.4, 0.5) is 0 Å². The van der Waals surface area contributed by atoms with Crippen LogP contribution in [0.25, 0.3) is 0 Å². The molecule has 1 atom stereocenters. The van der Waals surface area contributed by atoms with E-state index in [1.54, 1.807) is 0 Å². The SMILES string of the molecule is CCN1CCC[C@@H]1CNC(=O)C1CCCC1. The van der Waals surface area contributed by atoms with Gasteiger partial charge in [-0.15, -0.1) is 0 Å². The lowest BCUT2D eigenvalue weighted by Gasteiger charge is -2.23. The fourth-order valence-electron chi connectivity index (χ4n) is 3.09. The fourth-order valence-corrected chi connectivity index (χ4v) is 3.09. The van der Waals surface area contributed by atoms with Gasteiger partial charge in [-0.25, -0.2) is 0 Å². The molecule has 1 heterocycles. The van der Waals surface area contributed by atoms with Crippen LogP contribution in [0.15, 0.2) is 0 Å². The summed E-state index contributed by atoms with van der Waals surface area (Å²) in [6, 6.07) is 0.593. The van der Waals surface area contributed by atoms with Crippen LogP contribution in [0.5, 0.6) is 0 Å². The number of amides is 1. The van der Waals surface area contributed by atoms with Gasteiger partial charge in [0.15, 0.2) is 0 Å². The minimum atomic E-state index is 0.306. The van der Waals surface area contributed by atoms with Gasteiger partial charge in [-0.3, -0.25) is 9.69 Å². The lowest BCUT2D eigenvalue weighted by atomic mass is 10.1. The molecule has 0 unspecified atom stereocenters. The van der Waals surface area contributed by atoms with E-state index < -0.39 is 0 Å². The summed E-state index contributed by atoms with van der Waals surface area (Å²) in [5, 5.41) is 3.15. The van der Waals surface area contributed by atoms with Crippen molar-refractivity contribution in [2.24, 2.45) is 5.92 Å². The Morgan fingerprint density at radius 1 is 1.25 bits per heavy atom. The van der Waals surface area contributed by atoms with Gasteiger partial charge in [0.05, 0.1) is 0 Å². The minimum absolute atomic E-state index is 0.306. The number of rotatable bonds is 4. The van der Waals surface area contributed by atoms with Crippen molar-refractivity contribution in [1.29, 1.82) is 0 Å². The van der Waals surface area contributed by atoms with Gasteiger partial charge in [0.2, 0.25) is 5.91 Å². The van der Waals surface area contributed by atoms with Crippen LogP contribution in [0.2, 0.25) is 0 Å². The third-order valence-electron chi connectivity index (χ3n) is 4.14. The zero-order chi connectivity index (χ0) is 11.4. The fraction of sp³-hybridized carbons (Fsp3) is 0.923. The maximum absolute atomic E-state index is 11.9. The normalized spacial score (nSPS) is 27.4. The molecule has 3 heteroatoms. The molecule has 2 aliphatic rings. The zero-order valence-electron chi connectivity index (χ0n) is 10.4. The van der Waals surface area contributed by atoms with E-state index >= 15 is 0 Å². The van der Waals surface area contributed by atoms with E-state index in [9.17, 15) is 4.79 Å². The van der Waals surface area contributed by atoms with Crippen molar-refractivity contribution in [2.45, 2.75) is 51.5 Å². The minimum Gasteiger partial charge on any atom is -0.354 e. The van der Waals surface area contributed by atoms with E-state index in [1.165, 1.54) is 32.2 Å². The highest BCUT2D eigenvalue weighted by molar-refractivity contribution is 5.78. The van der Waals surface area contributed by atoms with Crippen LogP contribution >= 0.6 is 0 Å². The van der Waals surface area contributed by atoms with E-state index in [1.807, 2.05) is 0 Å². The maximum atomic E-state index is 11.9. The van der Waals surface area contributed by atoms with E-state index in [-0.39, 0.29) is 0 Å². The highest BCUT2D eigenvalue weighted by Crippen LogP contribution is 2.24. The molecular formula is C13H24N2O. The molecule has 1 amide bonds. The number of nitrogens with one attached hydrogen (secondary N) is 1. The van der Waals surface area contributed by atoms with Crippen LogP contribution in [0.3, 0.4) is 0 Å². The largest absolute Gasteiger partial charge is 0.354 e. The number of carbonyl (C=O) groups excluding carboxylic acids is 1. The van der Waals surface area contributed by atoms with Crippen LogP contribution in [-0.2, 0) is 4.79 Å². The quantitative estimate of drug-likeness (QED) is 0.789. The van der Waals surface area contributed by atoms with E-state index in [2.05, 4.69) is 17.1 Å². The molecule has 1 N–H and O–H groups in total. The topological polar surface area (TPSA) is 32.3 Å². The van der Waals surface area contributed by atoms with Gasteiger partial charge in [0.25, 0.3) is 0 Å². The lowest BCUT2D eigenvalue weighted by Crippen LogP contribution is -2.41. The monoisotopic (exact) mass is 224 g/mol. The summed E-state index contributed by atoms with van der Waals surface area (Å²) in [5.41, 5.74) is 0. The molecule has 0 bridgehead atoms. The predicted octanol–water partition coefficient (Wildman–Crippen LogP) is 1.78. The van der Waals surface area contributed by atoms with Crippen molar-refractivity contribution >= 4 is 5.91 Å². The molecular weight excluding hydrogens is 200 g/mol. The van der Waals surface area contributed by atoms with Crippen molar-refractivity contribution in [3.05, 3.63) is 0 Å². The smallest absolute Gasteiger partial charge is 0.223 e. The number of likely N-dealkylation sites (tertiary alicyclic amines) is 1. The lowest BCUT2D eigenvalue weighted by molar-refractivity contribution is -0.125. The summed E-state index contributed by atoms with van der Waals surface area (Å²) in [5.74, 6) is 0.622. The molecule has 0 aromatic heterocycles. The highest BCUT2D eigenvalue weighted by atomic mass is 16.1. The predicted molar refractivity (Wildman–Crippen MR) is 65.2 cm³/mol. The Bertz CT molecular complexity index is 236. The molecule has 92 valence electrons. The van der Waals surface area contributed by atoms with Gasteiger partial charge in [0, 0.05) is 18.5 Å². The number of carbonyl (C=O) groups is 1. The van der Waals surface area contributed by atoms with Crippen molar-refractivity contribution < 1.29 is 4.79 Å². The van der Waals surface area contributed by atoms with Crippen molar-refractivity contribution in [2.75, 3.05) is 19.6 Å². The summed E-state index contributed by atoms with van der Waals surface area (Å²) < 4.78 is 0. The van der Waals surface area contributed by atoms with Gasteiger partial charge in [-0.2, -0.15) is 0 Å². The Balaban J connectivity index is 1.71. The Hall–Kier alpha value is -0.570. The standard InChI is InChI=1S/C13H24N2O/c1-2-15-9-5-8-12(15)10-14-13(16)11-6-3-4-7-11/h11-12H,2-10H2,1H3,(H,14,16)/t12-/m1/s1. The summed E-state index contributed by atoms with van der Waals surface area (Å²) in [7, 11) is 0. The molecule has 1 aliphatic heterocycles. The molecule has 0 aromatic rings. The van der Waals surface area contributed by atoms with Gasteiger partial charge in [-0.05, 0) is 38.8 Å². The van der Waals surface area contributed by atoms with Gasteiger partial charge < -0.3 is 5.32 Å². The average Bonchev–Trinajstić information content (AvgIpc) is 2.96. The summed E-state index contributed by atoms with van der Waals surface area (Å²) in [6.45, 7) is 5.39. The molecule has 0 spiro atoms. The van der Waals surface area contributed by atoms with Crippen LogP contribution in [0, 0.1) is 5.92 Å². The summed E-state index contributed by atoms with van der Waals surface area (Å²) in [4.78, 5) is 14.3. The first kappa shape index (κ1) is 11.9. The van der Waals surface area contributed by atoms with Gasteiger partial charge in [-0.1, -0.05) is 19.8 Å². The van der Waals surface area contributed by atoms with Crippen molar-refractivity contribution in [1.82, 2.24) is 10.2 Å². The second-order valence-electron chi connectivity index (χ2n) is 5.15. The second-order valence-corrected chi connectivity index (χ2v) is 5.15. The molecule has 1 aliphatic carbocycles. The van der Waals surface area contributed by atoms with Crippen LogP contribution < -0.4 is 5.32 Å². The zero-order valence-corrected chi connectivity index (χ0v) is 10.4. The molecule has 16 heavy (non-hydrogen) atoms. The first-order chi connectivity index (χ1) is 7.81. The molecule has 0 aromatic carbocycles. The molecule has 2 fully saturated rings. The molecule has 1 saturated heterocycles. The number of likely N-dealkylation sites (N-methyl/N-ethyl adjacent to an activating group) is 1. The van der Waals surface area contributed by atoms with Crippen molar-refractivity contribution in [3.63, 3.8) is 0 Å². The van der Waals surface area contributed by atoms with Crippen LogP contribution in [-0.4, -0.2) is 36.5 Å². The van der Waals surface area contributed by atoms with E-state index in [0.29, 0.717) is 17.9 Å². The average molecular weight is 224 g/mol. The van der Waals surface area contributed by atoms with Crippen molar-refractivity contribution in [3.8, 4) is 0 Å². The number of nitrogens with zero attached hydrogens (tertiary/aromatic N) is 1. The van der Waals surface area contributed by atoms with Gasteiger partial charge >= 0.3 is 0 Å². The Morgan fingerprint density at radius 3 is 2.69 bits per heavy atom. The molecule has 2 rings (SSSR count). The number of hydrogen-bond acceptors (Lipinski definition) is 2. The van der Waals surface area contributed by atoms with Crippen LogP contribution in [0.1, 0.15) is 45.4 Å². The molecule has 3 nitrogen and oxygen atoms in total. The van der Waals surface area contributed by atoms with E-state index in [4.69, 9.17) is 0 Å². The molecule has 1 saturated carbocycles. The first-order valence-electron chi connectivity index (χ1n) is 6.83. The Labute approximate surface area is 98.6 Å².